The molecular formula is C49H50O13. The minimum atomic E-state index is -1.50. The highest BCUT2D eigenvalue weighted by Gasteiger charge is 2.57. The lowest BCUT2D eigenvalue weighted by Crippen LogP contribution is -2.67. The lowest BCUT2D eigenvalue weighted by atomic mass is 9.95. The molecule has 324 valence electrons. The number of carbonyl (C=O) groups is 2. The molecule has 0 spiro atoms. The summed E-state index contributed by atoms with van der Waals surface area (Å²) in [7, 11) is 2.74. The standard InChI is InChI=1S/C49H50O13/c1-52-46(51)42-40(55-29-33-20-10-4-11-21-33)41(56-30-34-22-12-5-13-23-34)44(59-45(50)35-24-14-6-15-25-35)49(61-42)62-43-39(54-28-32-18-8-3-9-19-32)38-37(58-48(43)53-2)31-57-47(60-38)36-26-16-7-17-27-36/h3-27,37-44,47-49H,28-31H2,1-2H3/t37-,38-,39+,40+,41+,42+,43+,44-,47-,48+,49+/m1/s1. The zero-order chi connectivity index (χ0) is 42.7. The number of hydrogen-bond acceptors (Lipinski definition) is 13. The first-order chi connectivity index (χ1) is 30.5. The maximum Gasteiger partial charge on any atom is 0.338 e. The largest absolute Gasteiger partial charge is 0.467 e. The number of hydrogen-bond donors (Lipinski definition) is 0. The summed E-state index contributed by atoms with van der Waals surface area (Å²) in [5, 5.41) is 0. The van der Waals surface area contributed by atoms with Gasteiger partial charge in [-0.25, -0.2) is 9.59 Å². The zero-order valence-corrected chi connectivity index (χ0v) is 34.4. The van der Waals surface area contributed by atoms with E-state index in [4.69, 9.17) is 52.1 Å². The van der Waals surface area contributed by atoms with E-state index >= 15 is 0 Å². The molecule has 62 heavy (non-hydrogen) atoms. The molecule has 8 rings (SSSR count). The molecule has 5 aromatic rings. The van der Waals surface area contributed by atoms with Crippen LogP contribution in [0.25, 0.3) is 0 Å². The van der Waals surface area contributed by atoms with Gasteiger partial charge in [-0.2, -0.15) is 0 Å². The summed E-state index contributed by atoms with van der Waals surface area (Å²) in [6.45, 7) is 0.470. The molecule has 3 saturated heterocycles. The van der Waals surface area contributed by atoms with Crippen molar-refractivity contribution in [2.24, 2.45) is 0 Å². The lowest BCUT2D eigenvalue weighted by Gasteiger charge is -2.51. The highest BCUT2D eigenvalue weighted by Crippen LogP contribution is 2.40. The van der Waals surface area contributed by atoms with Crippen molar-refractivity contribution in [1.29, 1.82) is 0 Å². The van der Waals surface area contributed by atoms with Gasteiger partial charge in [0.25, 0.3) is 0 Å². The Hall–Kier alpha value is -5.32. The second-order valence-electron chi connectivity index (χ2n) is 15.0. The topological polar surface area (TPSA) is 136 Å². The number of rotatable bonds is 16. The summed E-state index contributed by atoms with van der Waals surface area (Å²) in [5.74, 6) is -1.44. The van der Waals surface area contributed by atoms with Crippen molar-refractivity contribution in [3.63, 3.8) is 0 Å². The Bertz CT molecular complexity index is 2130. The highest BCUT2D eigenvalue weighted by atomic mass is 16.8. The Balaban J connectivity index is 1.18. The van der Waals surface area contributed by atoms with Gasteiger partial charge in [0.2, 0.25) is 0 Å². The summed E-state index contributed by atoms with van der Waals surface area (Å²) in [6, 6.07) is 46.7. The van der Waals surface area contributed by atoms with E-state index in [0.29, 0.717) is 0 Å². The summed E-state index contributed by atoms with van der Waals surface area (Å²) in [5.41, 5.74) is 3.64. The third kappa shape index (κ3) is 10.5. The molecule has 0 radical (unpaired) electrons. The van der Waals surface area contributed by atoms with Crippen LogP contribution in [0.1, 0.15) is 38.9 Å². The normalized spacial score (nSPS) is 28.3. The van der Waals surface area contributed by atoms with Gasteiger partial charge < -0.3 is 52.1 Å². The molecule has 0 amide bonds. The third-order valence-electron chi connectivity index (χ3n) is 10.9. The van der Waals surface area contributed by atoms with Crippen LogP contribution in [-0.4, -0.2) is 94.2 Å². The Morgan fingerprint density at radius 3 is 1.61 bits per heavy atom. The molecule has 13 heteroatoms. The first kappa shape index (κ1) is 43.3. The van der Waals surface area contributed by atoms with Crippen molar-refractivity contribution in [1.82, 2.24) is 0 Å². The van der Waals surface area contributed by atoms with Crippen molar-refractivity contribution in [2.45, 2.75) is 87.5 Å². The van der Waals surface area contributed by atoms with Gasteiger partial charge in [0.05, 0.1) is 39.1 Å². The smallest absolute Gasteiger partial charge is 0.338 e. The molecule has 0 N–H and O–H groups in total. The molecule has 3 fully saturated rings. The van der Waals surface area contributed by atoms with Crippen LogP contribution in [-0.2, 0) is 76.7 Å². The molecule has 11 atom stereocenters. The molecule has 3 aliphatic rings. The number of ether oxygens (including phenoxy) is 11. The predicted octanol–water partition coefficient (Wildman–Crippen LogP) is 6.74. The molecule has 3 heterocycles. The summed E-state index contributed by atoms with van der Waals surface area (Å²) in [6.07, 6.45) is -11.7. The van der Waals surface area contributed by atoms with Crippen molar-refractivity contribution < 1.29 is 61.7 Å². The van der Waals surface area contributed by atoms with Crippen LogP contribution in [0.15, 0.2) is 152 Å². The van der Waals surface area contributed by atoms with Gasteiger partial charge in [0, 0.05) is 12.7 Å². The zero-order valence-electron chi connectivity index (χ0n) is 34.4. The van der Waals surface area contributed by atoms with Crippen molar-refractivity contribution in [3.05, 3.63) is 179 Å². The van der Waals surface area contributed by atoms with Gasteiger partial charge in [-0.3, -0.25) is 0 Å². The Morgan fingerprint density at radius 2 is 1.06 bits per heavy atom. The maximum atomic E-state index is 14.1. The average Bonchev–Trinajstić information content (AvgIpc) is 3.33. The van der Waals surface area contributed by atoms with Crippen LogP contribution in [0.2, 0.25) is 0 Å². The monoisotopic (exact) mass is 846 g/mol. The Morgan fingerprint density at radius 1 is 0.548 bits per heavy atom. The van der Waals surface area contributed by atoms with Crippen molar-refractivity contribution in [2.75, 3.05) is 20.8 Å². The van der Waals surface area contributed by atoms with Crippen LogP contribution in [0, 0.1) is 0 Å². The Kier molecular flexibility index (Phi) is 14.8. The molecule has 0 aromatic heterocycles. The third-order valence-corrected chi connectivity index (χ3v) is 10.9. The summed E-state index contributed by atoms with van der Waals surface area (Å²) in [4.78, 5) is 27.9. The van der Waals surface area contributed by atoms with Crippen molar-refractivity contribution >= 4 is 11.9 Å². The number of fused-ring (bicyclic) bond motifs is 1. The van der Waals surface area contributed by atoms with Gasteiger partial charge >= 0.3 is 11.9 Å². The molecule has 13 nitrogen and oxygen atoms in total. The van der Waals surface area contributed by atoms with E-state index in [1.807, 2.05) is 121 Å². The lowest BCUT2D eigenvalue weighted by molar-refractivity contribution is -0.395. The first-order valence-corrected chi connectivity index (χ1v) is 20.6. The number of carbonyl (C=O) groups excluding carboxylic acids is 2. The van der Waals surface area contributed by atoms with E-state index in [1.165, 1.54) is 14.2 Å². The van der Waals surface area contributed by atoms with E-state index in [1.54, 1.807) is 30.3 Å². The molecule has 0 bridgehead atoms. The van der Waals surface area contributed by atoms with Crippen LogP contribution in [0.4, 0.5) is 0 Å². The second kappa shape index (κ2) is 21.2. The predicted molar refractivity (Wildman–Crippen MR) is 222 cm³/mol. The van der Waals surface area contributed by atoms with E-state index < -0.39 is 79.6 Å². The molecule has 3 aliphatic heterocycles. The minimum absolute atomic E-state index is 0.0607. The number of methoxy groups -OCH3 is 2. The van der Waals surface area contributed by atoms with Gasteiger partial charge in [-0.15, -0.1) is 0 Å². The summed E-state index contributed by atoms with van der Waals surface area (Å²) < 4.78 is 70.5. The van der Waals surface area contributed by atoms with Crippen LogP contribution < -0.4 is 0 Å². The average molecular weight is 847 g/mol. The Labute approximate surface area is 360 Å². The number of benzene rings is 5. The van der Waals surface area contributed by atoms with Crippen LogP contribution >= 0.6 is 0 Å². The SMILES string of the molecule is COC(=O)[C@H]1O[C@@H](O[C@@H]2[C@@H](OC)O[C@@H]3CO[C@@H](c4ccccc4)O[C@H]3[C@@H]2OCc2ccccc2)[C@H](OC(=O)c2ccccc2)[C@@H](OCc2ccccc2)[C@@H]1OCc1ccccc1. The molecule has 0 aliphatic carbocycles. The fourth-order valence-electron chi connectivity index (χ4n) is 7.79. The molecule has 0 saturated carbocycles. The fraction of sp³-hybridized carbons (Fsp3) is 0.347. The van der Waals surface area contributed by atoms with E-state index in [0.717, 1.165) is 22.3 Å². The summed E-state index contributed by atoms with van der Waals surface area (Å²) >= 11 is 0. The quantitative estimate of drug-likeness (QED) is 0.0972. The van der Waals surface area contributed by atoms with E-state index in [9.17, 15) is 9.59 Å². The van der Waals surface area contributed by atoms with Gasteiger partial charge in [0.1, 0.15) is 36.6 Å². The van der Waals surface area contributed by atoms with Gasteiger partial charge in [0.15, 0.2) is 31.1 Å². The van der Waals surface area contributed by atoms with Crippen LogP contribution in [0.3, 0.4) is 0 Å². The molecule has 5 aromatic carbocycles. The van der Waals surface area contributed by atoms with Crippen LogP contribution in [0.5, 0.6) is 0 Å². The van der Waals surface area contributed by atoms with Gasteiger partial charge in [-0.1, -0.05) is 140 Å². The second-order valence-corrected chi connectivity index (χ2v) is 15.0. The fourth-order valence-corrected chi connectivity index (χ4v) is 7.79. The molecule has 0 unspecified atom stereocenters. The van der Waals surface area contributed by atoms with Crippen molar-refractivity contribution in [3.8, 4) is 0 Å². The minimum Gasteiger partial charge on any atom is -0.467 e. The highest BCUT2D eigenvalue weighted by molar-refractivity contribution is 5.89. The maximum absolute atomic E-state index is 14.1. The first-order valence-electron chi connectivity index (χ1n) is 20.6. The van der Waals surface area contributed by atoms with E-state index in [-0.39, 0.29) is 32.0 Å². The number of esters is 2. The van der Waals surface area contributed by atoms with Gasteiger partial charge in [-0.05, 0) is 28.8 Å². The molecular weight excluding hydrogens is 797 g/mol. The van der Waals surface area contributed by atoms with E-state index in [2.05, 4.69) is 0 Å².